The fourth-order valence-electron chi connectivity index (χ4n) is 3.21. The van der Waals surface area contributed by atoms with Gasteiger partial charge in [-0.05, 0) is 55.8 Å². The summed E-state index contributed by atoms with van der Waals surface area (Å²) in [4.78, 5) is 12.1. The summed E-state index contributed by atoms with van der Waals surface area (Å²) in [5.74, 6) is -0.549. The number of ether oxygens (including phenoxy) is 1. The summed E-state index contributed by atoms with van der Waals surface area (Å²) in [5.41, 5.74) is 2.28. The first-order valence-corrected chi connectivity index (χ1v) is 8.78. The molecule has 0 atom stereocenters. The van der Waals surface area contributed by atoms with E-state index in [-0.39, 0.29) is 11.8 Å². The molecule has 0 aliphatic carbocycles. The summed E-state index contributed by atoms with van der Waals surface area (Å²) in [6.07, 6.45) is 0.490. The van der Waals surface area contributed by atoms with E-state index in [4.69, 9.17) is 16.3 Å². The number of halogens is 2. The van der Waals surface area contributed by atoms with E-state index >= 15 is 0 Å². The normalized spacial score (nSPS) is 11.7. The largest absolute Gasteiger partial charge is 0.469 e. The molecule has 2 aromatic carbocycles. The lowest BCUT2D eigenvalue weighted by Crippen LogP contribution is -2.29. The number of carbonyl (C=O) groups is 1. The van der Waals surface area contributed by atoms with E-state index in [1.54, 1.807) is 6.07 Å². The van der Waals surface area contributed by atoms with Crippen molar-refractivity contribution in [2.45, 2.75) is 26.8 Å². The first-order valence-electron chi connectivity index (χ1n) is 8.41. The number of benzene rings is 2. The van der Waals surface area contributed by atoms with E-state index in [0.29, 0.717) is 18.0 Å². The van der Waals surface area contributed by atoms with E-state index in [2.05, 4.69) is 4.57 Å². The zero-order chi connectivity index (χ0) is 18.9. The van der Waals surface area contributed by atoms with Crippen LogP contribution >= 0.6 is 11.6 Å². The van der Waals surface area contributed by atoms with Crippen molar-refractivity contribution in [3.05, 3.63) is 70.6 Å². The fraction of sp³-hybridized carbons (Fsp3) is 0.286. The molecule has 0 saturated heterocycles. The highest BCUT2D eigenvalue weighted by Crippen LogP contribution is 2.29. The molecule has 3 rings (SSSR count). The molecule has 0 N–H and O–H groups in total. The molecule has 5 heteroatoms. The van der Waals surface area contributed by atoms with Crippen LogP contribution in [-0.4, -0.2) is 17.6 Å². The van der Waals surface area contributed by atoms with Crippen LogP contribution in [0.1, 0.15) is 25.1 Å². The molecule has 3 aromatic rings. The van der Waals surface area contributed by atoms with Crippen LogP contribution in [0.5, 0.6) is 0 Å². The Labute approximate surface area is 157 Å². The van der Waals surface area contributed by atoms with Crippen LogP contribution in [0.2, 0.25) is 5.02 Å². The molecular formula is C21H21ClFNO2. The minimum atomic E-state index is -0.681. The van der Waals surface area contributed by atoms with Crippen LogP contribution in [0.4, 0.5) is 4.39 Å². The van der Waals surface area contributed by atoms with Gasteiger partial charge < -0.3 is 9.30 Å². The Balaban J connectivity index is 2.06. The maximum absolute atomic E-state index is 13.7. The van der Waals surface area contributed by atoms with E-state index in [1.807, 2.05) is 44.2 Å². The first-order chi connectivity index (χ1) is 12.3. The number of nitrogens with zero attached hydrogens (tertiary/aromatic N) is 1. The molecule has 0 bridgehead atoms. The van der Waals surface area contributed by atoms with Gasteiger partial charge in [0.2, 0.25) is 0 Å². The molecule has 0 spiro atoms. The molecule has 0 aliphatic heterocycles. The third-order valence-corrected chi connectivity index (χ3v) is 4.82. The van der Waals surface area contributed by atoms with Gasteiger partial charge in [-0.15, -0.1) is 0 Å². The molecule has 3 nitrogen and oxygen atoms in total. The Morgan fingerprint density at radius 3 is 2.50 bits per heavy atom. The Morgan fingerprint density at radius 1 is 1.15 bits per heavy atom. The van der Waals surface area contributed by atoms with Gasteiger partial charge in [-0.1, -0.05) is 23.7 Å². The predicted octanol–water partition coefficient (Wildman–Crippen LogP) is 5.22. The van der Waals surface area contributed by atoms with Crippen molar-refractivity contribution in [2.75, 3.05) is 7.11 Å². The lowest BCUT2D eigenvalue weighted by molar-refractivity contribution is -0.150. The van der Waals surface area contributed by atoms with Crippen LogP contribution in [0.15, 0.2) is 48.5 Å². The second-order valence-corrected chi connectivity index (χ2v) is 7.54. The van der Waals surface area contributed by atoms with E-state index in [1.165, 1.54) is 19.2 Å². The topological polar surface area (TPSA) is 31.2 Å². The van der Waals surface area contributed by atoms with E-state index in [9.17, 15) is 9.18 Å². The molecule has 0 fully saturated rings. The van der Waals surface area contributed by atoms with Crippen LogP contribution in [0, 0.1) is 11.2 Å². The Kier molecular flexibility index (Phi) is 5.05. The highest BCUT2D eigenvalue weighted by molar-refractivity contribution is 6.30. The molecule has 1 aromatic heterocycles. The third-order valence-electron chi connectivity index (χ3n) is 4.56. The monoisotopic (exact) mass is 373 g/mol. The first kappa shape index (κ1) is 18.5. The van der Waals surface area contributed by atoms with Crippen molar-refractivity contribution in [3.63, 3.8) is 0 Å². The number of methoxy groups -OCH3 is 1. The van der Waals surface area contributed by atoms with Crippen molar-refractivity contribution >= 4 is 28.5 Å². The van der Waals surface area contributed by atoms with Crippen molar-refractivity contribution in [2.24, 2.45) is 5.41 Å². The summed E-state index contributed by atoms with van der Waals surface area (Å²) in [7, 11) is 1.39. The average molecular weight is 374 g/mol. The van der Waals surface area contributed by atoms with Crippen LogP contribution < -0.4 is 0 Å². The Hall–Kier alpha value is -2.33. The number of aromatic nitrogens is 1. The quantitative estimate of drug-likeness (QED) is 0.574. The lowest BCUT2D eigenvalue weighted by Gasteiger charge is -2.22. The molecule has 0 aliphatic rings. The number of carbonyl (C=O) groups excluding carboxylic acids is 1. The van der Waals surface area contributed by atoms with Gasteiger partial charge in [-0.25, -0.2) is 4.39 Å². The molecule has 0 amide bonds. The number of hydrogen-bond acceptors (Lipinski definition) is 2. The molecule has 0 unspecified atom stereocenters. The standard InChI is InChI=1S/C21H21ClFNO2/c1-21(2,20(25)26-3)12-18-11-15-10-17(23)8-9-19(15)24(18)13-14-4-6-16(22)7-5-14/h4-11H,12-13H2,1-3H3. The van der Waals surface area contributed by atoms with Crippen molar-refractivity contribution < 1.29 is 13.9 Å². The fourth-order valence-corrected chi connectivity index (χ4v) is 3.33. The summed E-state index contributed by atoms with van der Waals surface area (Å²) in [6.45, 7) is 4.31. The SMILES string of the molecule is COC(=O)C(C)(C)Cc1cc2cc(F)ccc2n1Cc1ccc(Cl)cc1. The predicted molar refractivity (Wildman–Crippen MR) is 102 cm³/mol. The van der Waals surface area contributed by atoms with Gasteiger partial charge in [-0.3, -0.25) is 4.79 Å². The molecule has 0 saturated carbocycles. The number of rotatable bonds is 5. The zero-order valence-corrected chi connectivity index (χ0v) is 15.8. The van der Waals surface area contributed by atoms with E-state index in [0.717, 1.165) is 22.2 Å². The smallest absolute Gasteiger partial charge is 0.311 e. The lowest BCUT2D eigenvalue weighted by atomic mass is 9.88. The minimum absolute atomic E-state index is 0.271. The minimum Gasteiger partial charge on any atom is -0.469 e. The maximum atomic E-state index is 13.7. The maximum Gasteiger partial charge on any atom is 0.311 e. The van der Waals surface area contributed by atoms with Gasteiger partial charge >= 0.3 is 5.97 Å². The average Bonchev–Trinajstić information content (AvgIpc) is 2.91. The summed E-state index contributed by atoms with van der Waals surface area (Å²) in [5, 5.41) is 1.50. The van der Waals surface area contributed by atoms with Crippen LogP contribution in [-0.2, 0) is 22.5 Å². The van der Waals surface area contributed by atoms with Crippen LogP contribution in [0.25, 0.3) is 10.9 Å². The highest BCUT2D eigenvalue weighted by Gasteiger charge is 2.30. The molecule has 26 heavy (non-hydrogen) atoms. The number of esters is 1. The van der Waals surface area contributed by atoms with Gasteiger partial charge in [0.15, 0.2) is 0 Å². The summed E-state index contributed by atoms with van der Waals surface area (Å²) >= 11 is 5.98. The van der Waals surface area contributed by atoms with Crippen LogP contribution in [0.3, 0.4) is 0 Å². The van der Waals surface area contributed by atoms with E-state index < -0.39 is 5.41 Å². The Morgan fingerprint density at radius 2 is 1.85 bits per heavy atom. The summed E-state index contributed by atoms with van der Waals surface area (Å²) in [6, 6.07) is 14.3. The number of fused-ring (bicyclic) bond motifs is 1. The summed E-state index contributed by atoms with van der Waals surface area (Å²) < 4.78 is 20.7. The molecule has 136 valence electrons. The molecule has 0 radical (unpaired) electrons. The second kappa shape index (κ2) is 7.12. The second-order valence-electron chi connectivity index (χ2n) is 7.10. The van der Waals surface area contributed by atoms with Crippen molar-refractivity contribution in [1.29, 1.82) is 0 Å². The van der Waals surface area contributed by atoms with Gasteiger partial charge in [0.25, 0.3) is 0 Å². The van der Waals surface area contributed by atoms with Gasteiger partial charge in [0.1, 0.15) is 5.82 Å². The molecule has 1 heterocycles. The molecular weight excluding hydrogens is 353 g/mol. The zero-order valence-electron chi connectivity index (χ0n) is 15.1. The van der Waals surface area contributed by atoms with Gasteiger partial charge in [0.05, 0.1) is 12.5 Å². The van der Waals surface area contributed by atoms with Gasteiger partial charge in [-0.2, -0.15) is 0 Å². The van der Waals surface area contributed by atoms with Crippen molar-refractivity contribution in [3.8, 4) is 0 Å². The number of hydrogen-bond donors (Lipinski definition) is 0. The highest BCUT2D eigenvalue weighted by atomic mass is 35.5. The van der Waals surface area contributed by atoms with Crippen molar-refractivity contribution in [1.82, 2.24) is 4.57 Å². The Bertz CT molecular complexity index is 945. The third kappa shape index (κ3) is 3.75. The van der Waals surface area contributed by atoms with Gasteiger partial charge in [0, 0.05) is 34.6 Å².